The molecule has 0 aliphatic carbocycles. The Balaban J connectivity index is 2.77. The first-order chi connectivity index (χ1) is 7.54. The van der Waals surface area contributed by atoms with Crippen LogP contribution in [0.25, 0.3) is 0 Å². The van der Waals surface area contributed by atoms with Crippen molar-refractivity contribution in [1.29, 1.82) is 0 Å². The summed E-state index contributed by atoms with van der Waals surface area (Å²) in [5, 5.41) is 0. The molecule has 0 fully saturated rings. The third-order valence-corrected chi connectivity index (χ3v) is 2.05. The lowest BCUT2D eigenvalue weighted by Gasteiger charge is -2.06. The van der Waals surface area contributed by atoms with Gasteiger partial charge in [0.1, 0.15) is 0 Å². The lowest BCUT2D eigenvalue weighted by molar-refractivity contribution is -0.142. The van der Waals surface area contributed by atoms with Gasteiger partial charge in [-0.2, -0.15) is 0 Å². The number of hydrogen-bond acceptors (Lipinski definition) is 3. The number of carbonyl (C=O) groups is 1. The van der Waals surface area contributed by atoms with Crippen LogP contribution >= 0.6 is 0 Å². The zero-order valence-electron chi connectivity index (χ0n) is 9.17. The van der Waals surface area contributed by atoms with Crippen molar-refractivity contribution in [2.24, 2.45) is 0 Å². The van der Waals surface area contributed by atoms with Crippen LogP contribution in [0.5, 0.6) is 0 Å². The van der Waals surface area contributed by atoms with Crippen molar-refractivity contribution in [3.8, 4) is 0 Å². The van der Waals surface area contributed by atoms with Crippen molar-refractivity contribution in [1.82, 2.24) is 4.98 Å². The minimum atomic E-state index is -2.54. The molecule has 1 aromatic rings. The minimum absolute atomic E-state index is 0.0121. The molecule has 0 aromatic carbocycles. The van der Waals surface area contributed by atoms with E-state index in [4.69, 9.17) is 4.74 Å². The van der Waals surface area contributed by atoms with Crippen LogP contribution < -0.4 is 0 Å². The first-order valence-corrected chi connectivity index (χ1v) is 4.94. The summed E-state index contributed by atoms with van der Waals surface area (Å²) in [6.45, 7) is 3.50. The standard InChI is InChI=1S/C11H13F2NO2/c1-3-16-10(15)6-8-4-5-9(11(12)13)7(2)14-8/h4-5,11H,3,6H2,1-2H3. The van der Waals surface area contributed by atoms with E-state index >= 15 is 0 Å². The number of nitrogens with zero attached hydrogens (tertiary/aromatic N) is 1. The average molecular weight is 229 g/mol. The Kier molecular flexibility index (Phi) is 4.34. The van der Waals surface area contributed by atoms with Crippen molar-refractivity contribution < 1.29 is 18.3 Å². The van der Waals surface area contributed by atoms with Crippen molar-refractivity contribution >= 4 is 5.97 Å². The van der Waals surface area contributed by atoms with E-state index in [-0.39, 0.29) is 17.7 Å². The summed E-state index contributed by atoms with van der Waals surface area (Å²) in [5.74, 6) is -0.404. The molecule has 0 spiro atoms. The third kappa shape index (κ3) is 3.25. The summed E-state index contributed by atoms with van der Waals surface area (Å²) < 4.78 is 29.6. The normalized spacial score (nSPS) is 10.6. The average Bonchev–Trinajstić information content (AvgIpc) is 2.17. The molecule has 1 aromatic heterocycles. The van der Waals surface area contributed by atoms with Gasteiger partial charge in [0, 0.05) is 11.3 Å². The summed E-state index contributed by atoms with van der Waals surface area (Å²) in [5.41, 5.74) is 0.588. The third-order valence-electron chi connectivity index (χ3n) is 2.05. The number of hydrogen-bond donors (Lipinski definition) is 0. The predicted molar refractivity (Wildman–Crippen MR) is 54.3 cm³/mol. The van der Waals surface area contributed by atoms with Crippen LogP contribution in [0.2, 0.25) is 0 Å². The molecule has 0 N–H and O–H groups in total. The van der Waals surface area contributed by atoms with Gasteiger partial charge in [0.05, 0.1) is 18.7 Å². The highest BCUT2D eigenvalue weighted by Gasteiger charge is 2.13. The molecule has 88 valence electrons. The molecule has 1 heterocycles. The van der Waals surface area contributed by atoms with E-state index in [2.05, 4.69) is 4.98 Å². The van der Waals surface area contributed by atoms with Crippen molar-refractivity contribution in [3.63, 3.8) is 0 Å². The molecule has 16 heavy (non-hydrogen) atoms. The van der Waals surface area contributed by atoms with Crippen LogP contribution in [0, 0.1) is 6.92 Å². The molecular weight excluding hydrogens is 216 g/mol. The van der Waals surface area contributed by atoms with Crippen molar-refractivity contribution in [2.45, 2.75) is 26.7 Å². The van der Waals surface area contributed by atoms with Crippen LogP contribution in [0.4, 0.5) is 8.78 Å². The summed E-state index contributed by atoms with van der Waals surface area (Å²) in [7, 11) is 0. The maximum absolute atomic E-state index is 12.4. The molecule has 3 nitrogen and oxygen atoms in total. The highest BCUT2D eigenvalue weighted by atomic mass is 19.3. The smallest absolute Gasteiger partial charge is 0.311 e. The van der Waals surface area contributed by atoms with Gasteiger partial charge >= 0.3 is 5.97 Å². The summed E-state index contributed by atoms with van der Waals surface area (Å²) in [6.07, 6.45) is -2.53. The van der Waals surface area contributed by atoms with Crippen LogP contribution in [-0.2, 0) is 16.0 Å². The lowest BCUT2D eigenvalue weighted by atomic mass is 10.1. The number of carbonyl (C=O) groups excluding carboxylic acids is 1. The molecule has 0 saturated heterocycles. The Morgan fingerprint density at radius 1 is 1.50 bits per heavy atom. The van der Waals surface area contributed by atoms with Gasteiger partial charge in [0.15, 0.2) is 0 Å². The largest absolute Gasteiger partial charge is 0.466 e. The second-order valence-corrected chi connectivity index (χ2v) is 3.26. The second kappa shape index (κ2) is 5.53. The van der Waals surface area contributed by atoms with E-state index < -0.39 is 12.4 Å². The van der Waals surface area contributed by atoms with E-state index in [1.165, 1.54) is 19.1 Å². The number of rotatable bonds is 4. The zero-order valence-corrected chi connectivity index (χ0v) is 9.17. The van der Waals surface area contributed by atoms with E-state index in [0.29, 0.717) is 12.3 Å². The maximum atomic E-state index is 12.4. The van der Waals surface area contributed by atoms with Gasteiger partial charge in [-0.1, -0.05) is 0 Å². The molecule has 5 heteroatoms. The molecule has 0 amide bonds. The summed E-state index contributed by atoms with van der Waals surface area (Å²) >= 11 is 0. The number of aromatic nitrogens is 1. The number of alkyl halides is 2. The van der Waals surface area contributed by atoms with Gasteiger partial charge in [0.25, 0.3) is 6.43 Å². The molecule has 1 rings (SSSR count). The Morgan fingerprint density at radius 3 is 2.69 bits per heavy atom. The fourth-order valence-electron chi connectivity index (χ4n) is 1.31. The number of aryl methyl sites for hydroxylation is 1. The molecule has 0 atom stereocenters. The Bertz CT molecular complexity index is 380. The number of ether oxygens (including phenoxy) is 1. The molecular formula is C11H13F2NO2. The van der Waals surface area contributed by atoms with Gasteiger partial charge in [-0.05, 0) is 26.0 Å². The van der Waals surface area contributed by atoms with E-state index in [0.717, 1.165) is 0 Å². The first kappa shape index (κ1) is 12.5. The highest BCUT2D eigenvalue weighted by molar-refractivity contribution is 5.71. The summed E-state index contributed by atoms with van der Waals surface area (Å²) in [4.78, 5) is 15.1. The topological polar surface area (TPSA) is 39.2 Å². The maximum Gasteiger partial charge on any atom is 0.311 e. The van der Waals surface area contributed by atoms with Crippen molar-refractivity contribution in [2.75, 3.05) is 6.61 Å². The van der Waals surface area contributed by atoms with Crippen LogP contribution in [-0.4, -0.2) is 17.6 Å². The fraction of sp³-hybridized carbons (Fsp3) is 0.455. The number of pyridine rings is 1. The second-order valence-electron chi connectivity index (χ2n) is 3.26. The zero-order chi connectivity index (χ0) is 12.1. The predicted octanol–water partition coefficient (Wildman–Crippen LogP) is 2.43. The highest BCUT2D eigenvalue weighted by Crippen LogP contribution is 2.21. The molecule has 0 radical (unpaired) electrons. The van der Waals surface area contributed by atoms with E-state index in [1.54, 1.807) is 6.92 Å². The van der Waals surface area contributed by atoms with Gasteiger partial charge < -0.3 is 4.74 Å². The Morgan fingerprint density at radius 2 is 2.19 bits per heavy atom. The quantitative estimate of drug-likeness (QED) is 0.744. The minimum Gasteiger partial charge on any atom is -0.466 e. The monoisotopic (exact) mass is 229 g/mol. The molecule has 0 bridgehead atoms. The SMILES string of the molecule is CCOC(=O)Cc1ccc(C(F)F)c(C)n1. The summed E-state index contributed by atoms with van der Waals surface area (Å²) in [6, 6.07) is 2.72. The fourth-order valence-corrected chi connectivity index (χ4v) is 1.31. The van der Waals surface area contributed by atoms with E-state index in [1.807, 2.05) is 0 Å². The van der Waals surface area contributed by atoms with Gasteiger partial charge in [0.2, 0.25) is 0 Å². The van der Waals surface area contributed by atoms with Crippen LogP contribution in [0.3, 0.4) is 0 Å². The van der Waals surface area contributed by atoms with Crippen LogP contribution in [0.1, 0.15) is 30.3 Å². The first-order valence-electron chi connectivity index (χ1n) is 4.94. The Hall–Kier alpha value is -1.52. The van der Waals surface area contributed by atoms with Gasteiger partial charge in [-0.25, -0.2) is 8.78 Å². The van der Waals surface area contributed by atoms with Crippen molar-refractivity contribution in [3.05, 3.63) is 29.1 Å². The Labute approximate surface area is 92.4 Å². The molecule has 0 unspecified atom stereocenters. The molecule has 0 aliphatic rings. The van der Waals surface area contributed by atoms with E-state index in [9.17, 15) is 13.6 Å². The lowest BCUT2D eigenvalue weighted by Crippen LogP contribution is -2.09. The van der Waals surface area contributed by atoms with Gasteiger partial charge in [-0.15, -0.1) is 0 Å². The number of halogens is 2. The van der Waals surface area contributed by atoms with Gasteiger partial charge in [-0.3, -0.25) is 9.78 Å². The molecule has 0 aliphatic heterocycles. The van der Waals surface area contributed by atoms with Crippen LogP contribution in [0.15, 0.2) is 12.1 Å². The number of esters is 1. The molecule has 0 saturated carbocycles.